The molecule has 0 radical (unpaired) electrons. The Bertz CT molecular complexity index is 683. The number of benzene rings is 2. The Balaban J connectivity index is 1.88. The standard InChI is InChI=1S/C18H20ClNO5/c1-23-15-4-3-5-16(24-2)17(15)25-11-14(21)10-20-18(22)12-6-8-13(19)9-7-12/h3-9,14,21H,10-11H2,1-2H3,(H,20,22). The monoisotopic (exact) mass is 365 g/mol. The van der Waals surface area contributed by atoms with E-state index < -0.39 is 6.10 Å². The number of ether oxygens (including phenoxy) is 3. The van der Waals surface area contributed by atoms with Crippen molar-refractivity contribution in [2.24, 2.45) is 0 Å². The van der Waals surface area contributed by atoms with Crippen molar-refractivity contribution in [3.63, 3.8) is 0 Å². The predicted molar refractivity (Wildman–Crippen MR) is 94.8 cm³/mol. The minimum Gasteiger partial charge on any atom is -0.493 e. The van der Waals surface area contributed by atoms with E-state index in [4.69, 9.17) is 25.8 Å². The number of hydrogen-bond donors (Lipinski definition) is 2. The van der Waals surface area contributed by atoms with Crippen LogP contribution in [0.4, 0.5) is 0 Å². The average Bonchev–Trinajstić information content (AvgIpc) is 2.64. The first kappa shape index (κ1) is 18.9. The second-order valence-electron chi connectivity index (χ2n) is 5.17. The highest BCUT2D eigenvalue weighted by Gasteiger charge is 2.14. The number of hydrogen-bond acceptors (Lipinski definition) is 5. The molecule has 0 aliphatic rings. The number of halogens is 1. The van der Waals surface area contributed by atoms with Crippen LogP contribution in [0.25, 0.3) is 0 Å². The zero-order valence-electron chi connectivity index (χ0n) is 14.0. The van der Waals surface area contributed by atoms with Crippen LogP contribution in [0, 0.1) is 0 Å². The van der Waals surface area contributed by atoms with Gasteiger partial charge in [-0.2, -0.15) is 0 Å². The molecule has 2 N–H and O–H groups in total. The number of aliphatic hydroxyl groups is 1. The van der Waals surface area contributed by atoms with E-state index in [2.05, 4.69) is 5.32 Å². The molecule has 0 spiro atoms. The molecule has 2 aromatic carbocycles. The normalized spacial score (nSPS) is 11.5. The van der Waals surface area contributed by atoms with E-state index in [0.717, 1.165) is 0 Å². The van der Waals surface area contributed by atoms with E-state index in [1.54, 1.807) is 42.5 Å². The van der Waals surface area contributed by atoms with Crippen LogP contribution in [0.3, 0.4) is 0 Å². The molecule has 0 fully saturated rings. The third kappa shape index (κ3) is 5.27. The number of carbonyl (C=O) groups is 1. The summed E-state index contributed by atoms with van der Waals surface area (Å²) in [5.74, 6) is 1.09. The molecule has 0 bridgehead atoms. The molecule has 0 saturated heterocycles. The fraction of sp³-hybridized carbons (Fsp3) is 0.278. The number of aliphatic hydroxyl groups excluding tert-OH is 1. The van der Waals surface area contributed by atoms with Gasteiger partial charge in [-0.3, -0.25) is 4.79 Å². The van der Waals surface area contributed by atoms with Crippen molar-refractivity contribution in [1.82, 2.24) is 5.32 Å². The number of nitrogens with one attached hydrogen (secondary N) is 1. The highest BCUT2D eigenvalue weighted by atomic mass is 35.5. The predicted octanol–water partition coefficient (Wildman–Crippen LogP) is 2.53. The lowest BCUT2D eigenvalue weighted by molar-refractivity contribution is 0.0833. The van der Waals surface area contributed by atoms with Crippen molar-refractivity contribution in [2.75, 3.05) is 27.4 Å². The molecule has 1 atom stereocenters. The Labute approximate surface area is 151 Å². The molecule has 0 aliphatic heterocycles. The SMILES string of the molecule is COc1cccc(OC)c1OCC(O)CNC(=O)c1ccc(Cl)cc1. The van der Waals surface area contributed by atoms with E-state index in [1.165, 1.54) is 14.2 Å². The summed E-state index contributed by atoms with van der Waals surface area (Å²) < 4.78 is 16.0. The van der Waals surface area contributed by atoms with Crippen LogP contribution in [-0.2, 0) is 0 Å². The van der Waals surface area contributed by atoms with Gasteiger partial charge in [-0.05, 0) is 36.4 Å². The summed E-state index contributed by atoms with van der Waals surface area (Å²) in [4.78, 5) is 12.0. The van der Waals surface area contributed by atoms with Gasteiger partial charge in [0, 0.05) is 17.1 Å². The van der Waals surface area contributed by atoms with Crippen LogP contribution in [0.15, 0.2) is 42.5 Å². The second kappa shape index (κ2) is 9.15. The molecule has 0 saturated carbocycles. The van der Waals surface area contributed by atoms with Gasteiger partial charge in [0.15, 0.2) is 11.5 Å². The largest absolute Gasteiger partial charge is 0.493 e. The maximum Gasteiger partial charge on any atom is 0.251 e. The number of rotatable bonds is 8. The van der Waals surface area contributed by atoms with E-state index in [-0.39, 0.29) is 19.1 Å². The second-order valence-corrected chi connectivity index (χ2v) is 5.61. The average molecular weight is 366 g/mol. The molecule has 0 aliphatic carbocycles. The van der Waals surface area contributed by atoms with Crippen molar-refractivity contribution in [1.29, 1.82) is 0 Å². The van der Waals surface area contributed by atoms with Crippen LogP contribution in [-0.4, -0.2) is 44.5 Å². The lowest BCUT2D eigenvalue weighted by Gasteiger charge is -2.17. The summed E-state index contributed by atoms with van der Waals surface area (Å²) in [5.41, 5.74) is 0.462. The smallest absolute Gasteiger partial charge is 0.251 e. The Morgan fingerprint density at radius 1 is 1.12 bits per heavy atom. The molecule has 0 aromatic heterocycles. The quantitative estimate of drug-likeness (QED) is 0.751. The maximum absolute atomic E-state index is 12.0. The molecule has 25 heavy (non-hydrogen) atoms. The first-order valence-corrected chi connectivity index (χ1v) is 7.98. The molecule has 2 rings (SSSR count). The molecule has 134 valence electrons. The summed E-state index contributed by atoms with van der Waals surface area (Å²) in [5, 5.41) is 13.2. The summed E-state index contributed by atoms with van der Waals surface area (Å²) in [6.45, 7) is 0.0105. The number of amides is 1. The van der Waals surface area contributed by atoms with E-state index in [1.807, 2.05) is 0 Å². The summed E-state index contributed by atoms with van der Waals surface area (Å²) in [6, 6.07) is 11.7. The van der Waals surface area contributed by atoms with Gasteiger partial charge >= 0.3 is 0 Å². The van der Waals surface area contributed by atoms with Crippen molar-refractivity contribution >= 4 is 17.5 Å². The van der Waals surface area contributed by atoms with Gasteiger partial charge < -0.3 is 24.6 Å². The Morgan fingerprint density at radius 2 is 1.72 bits per heavy atom. The van der Waals surface area contributed by atoms with Crippen LogP contribution in [0.2, 0.25) is 5.02 Å². The molecular weight excluding hydrogens is 346 g/mol. The van der Waals surface area contributed by atoms with E-state index >= 15 is 0 Å². The molecule has 2 aromatic rings. The van der Waals surface area contributed by atoms with Crippen molar-refractivity contribution in [3.05, 3.63) is 53.1 Å². The van der Waals surface area contributed by atoms with Crippen LogP contribution < -0.4 is 19.5 Å². The lowest BCUT2D eigenvalue weighted by Crippen LogP contribution is -2.35. The van der Waals surface area contributed by atoms with Gasteiger partial charge in [-0.25, -0.2) is 0 Å². The van der Waals surface area contributed by atoms with Crippen LogP contribution >= 0.6 is 11.6 Å². The van der Waals surface area contributed by atoms with E-state index in [9.17, 15) is 9.90 Å². The van der Waals surface area contributed by atoms with Crippen LogP contribution in [0.5, 0.6) is 17.2 Å². The number of methoxy groups -OCH3 is 2. The summed E-state index contributed by atoms with van der Waals surface area (Å²) in [7, 11) is 3.04. The summed E-state index contributed by atoms with van der Waals surface area (Å²) in [6.07, 6.45) is -0.897. The molecule has 1 amide bonds. The fourth-order valence-corrected chi connectivity index (χ4v) is 2.24. The number of para-hydroxylation sites is 1. The Morgan fingerprint density at radius 3 is 2.28 bits per heavy atom. The van der Waals surface area contributed by atoms with Gasteiger partial charge in [-0.1, -0.05) is 17.7 Å². The first-order valence-electron chi connectivity index (χ1n) is 7.60. The highest BCUT2D eigenvalue weighted by molar-refractivity contribution is 6.30. The molecule has 0 heterocycles. The molecule has 7 heteroatoms. The van der Waals surface area contributed by atoms with Gasteiger partial charge in [-0.15, -0.1) is 0 Å². The lowest BCUT2D eigenvalue weighted by atomic mass is 10.2. The van der Waals surface area contributed by atoms with Gasteiger partial charge in [0.2, 0.25) is 5.75 Å². The fourth-order valence-electron chi connectivity index (χ4n) is 2.11. The first-order chi connectivity index (χ1) is 12.0. The van der Waals surface area contributed by atoms with Gasteiger partial charge in [0.1, 0.15) is 12.7 Å². The molecular formula is C18H20ClNO5. The Kier molecular flexibility index (Phi) is 6.91. The van der Waals surface area contributed by atoms with Crippen LogP contribution in [0.1, 0.15) is 10.4 Å². The third-order valence-electron chi connectivity index (χ3n) is 3.41. The zero-order valence-corrected chi connectivity index (χ0v) is 14.7. The van der Waals surface area contributed by atoms with Crippen molar-refractivity contribution < 1.29 is 24.1 Å². The Hall–Kier alpha value is -2.44. The molecule has 1 unspecified atom stereocenters. The van der Waals surface area contributed by atoms with Gasteiger partial charge in [0.05, 0.1) is 14.2 Å². The van der Waals surface area contributed by atoms with Crippen molar-refractivity contribution in [3.8, 4) is 17.2 Å². The van der Waals surface area contributed by atoms with Gasteiger partial charge in [0.25, 0.3) is 5.91 Å². The highest BCUT2D eigenvalue weighted by Crippen LogP contribution is 2.36. The maximum atomic E-state index is 12.0. The topological polar surface area (TPSA) is 77.0 Å². The minimum atomic E-state index is -0.897. The minimum absolute atomic E-state index is 0.0301. The summed E-state index contributed by atoms with van der Waals surface area (Å²) >= 11 is 5.78. The molecule has 6 nitrogen and oxygen atoms in total. The van der Waals surface area contributed by atoms with Crippen molar-refractivity contribution in [2.45, 2.75) is 6.10 Å². The zero-order chi connectivity index (χ0) is 18.2. The number of carbonyl (C=O) groups excluding carboxylic acids is 1. The third-order valence-corrected chi connectivity index (χ3v) is 3.66. The van der Waals surface area contributed by atoms with E-state index in [0.29, 0.717) is 27.8 Å².